The van der Waals surface area contributed by atoms with Crippen molar-refractivity contribution in [2.45, 2.75) is 33.6 Å². The smallest absolute Gasteiger partial charge is 0.223 e. The summed E-state index contributed by atoms with van der Waals surface area (Å²) in [5.41, 5.74) is 0. The standard InChI is InChI=1S/C12H24N2O/c1-9(2)10(3)12(15)14-8-11-4-6-13-7-5-11/h9-11,13H,4-8H2,1-3H3,(H,14,15). The van der Waals surface area contributed by atoms with Gasteiger partial charge in [0, 0.05) is 12.5 Å². The van der Waals surface area contributed by atoms with Crippen LogP contribution in [0.15, 0.2) is 0 Å². The minimum Gasteiger partial charge on any atom is -0.356 e. The van der Waals surface area contributed by atoms with Gasteiger partial charge in [-0.1, -0.05) is 20.8 Å². The second-order valence-corrected chi connectivity index (χ2v) is 4.97. The SMILES string of the molecule is CC(C)C(C)C(=O)NCC1CCNCC1. The van der Waals surface area contributed by atoms with Gasteiger partial charge < -0.3 is 10.6 Å². The number of hydrogen-bond acceptors (Lipinski definition) is 2. The van der Waals surface area contributed by atoms with E-state index in [0.717, 1.165) is 19.6 Å². The number of carbonyl (C=O) groups is 1. The molecule has 3 heteroatoms. The summed E-state index contributed by atoms with van der Waals surface area (Å²) >= 11 is 0. The highest BCUT2D eigenvalue weighted by atomic mass is 16.1. The number of carbonyl (C=O) groups excluding carboxylic acids is 1. The summed E-state index contributed by atoms with van der Waals surface area (Å²) in [6.45, 7) is 9.24. The van der Waals surface area contributed by atoms with Crippen molar-refractivity contribution in [1.82, 2.24) is 10.6 Å². The number of nitrogens with one attached hydrogen (secondary N) is 2. The molecule has 1 rings (SSSR count). The van der Waals surface area contributed by atoms with E-state index in [1.165, 1.54) is 12.8 Å². The van der Waals surface area contributed by atoms with Gasteiger partial charge in [0.15, 0.2) is 0 Å². The Bertz CT molecular complexity index is 198. The molecule has 3 nitrogen and oxygen atoms in total. The summed E-state index contributed by atoms with van der Waals surface area (Å²) in [6.07, 6.45) is 2.38. The van der Waals surface area contributed by atoms with Gasteiger partial charge in [0.05, 0.1) is 0 Å². The number of rotatable bonds is 4. The molecule has 0 aromatic heterocycles. The fourth-order valence-corrected chi connectivity index (χ4v) is 1.79. The lowest BCUT2D eigenvalue weighted by Gasteiger charge is -2.24. The average molecular weight is 212 g/mol. The molecule has 1 amide bonds. The van der Waals surface area contributed by atoms with Crippen LogP contribution in [-0.2, 0) is 4.79 Å². The van der Waals surface area contributed by atoms with Crippen LogP contribution in [0.2, 0.25) is 0 Å². The summed E-state index contributed by atoms with van der Waals surface area (Å²) in [6, 6.07) is 0. The largest absolute Gasteiger partial charge is 0.356 e. The Morgan fingerprint density at radius 3 is 2.47 bits per heavy atom. The zero-order valence-electron chi connectivity index (χ0n) is 10.2. The molecule has 1 saturated heterocycles. The van der Waals surface area contributed by atoms with Gasteiger partial charge in [0.2, 0.25) is 5.91 Å². The summed E-state index contributed by atoms with van der Waals surface area (Å²) < 4.78 is 0. The first kappa shape index (κ1) is 12.5. The molecule has 0 aromatic carbocycles. The number of hydrogen-bond donors (Lipinski definition) is 2. The van der Waals surface area contributed by atoms with E-state index in [1.54, 1.807) is 0 Å². The minimum absolute atomic E-state index is 0.131. The lowest BCUT2D eigenvalue weighted by Crippen LogP contribution is -2.38. The highest BCUT2D eigenvalue weighted by molar-refractivity contribution is 5.78. The van der Waals surface area contributed by atoms with Gasteiger partial charge in [-0.2, -0.15) is 0 Å². The Hall–Kier alpha value is -0.570. The van der Waals surface area contributed by atoms with Crippen LogP contribution in [0.4, 0.5) is 0 Å². The first-order chi connectivity index (χ1) is 7.11. The molecular weight excluding hydrogens is 188 g/mol. The summed E-state index contributed by atoms with van der Waals surface area (Å²) in [7, 11) is 0. The monoisotopic (exact) mass is 212 g/mol. The first-order valence-electron chi connectivity index (χ1n) is 6.09. The molecule has 0 spiro atoms. The molecule has 0 bridgehead atoms. The molecule has 2 N–H and O–H groups in total. The maximum Gasteiger partial charge on any atom is 0.223 e. The van der Waals surface area contributed by atoms with Gasteiger partial charge in [-0.05, 0) is 37.8 Å². The van der Waals surface area contributed by atoms with E-state index < -0.39 is 0 Å². The second-order valence-electron chi connectivity index (χ2n) is 4.97. The predicted molar refractivity (Wildman–Crippen MR) is 62.6 cm³/mol. The van der Waals surface area contributed by atoms with Crippen LogP contribution < -0.4 is 10.6 Å². The van der Waals surface area contributed by atoms with Crippen molar-refractivity contribution >= 4 is 5.91 Å². The molecule has 1 heterocycles. The molecule has 0 aromatic rings. The zero-order valence-corrected chi connectivity index (χ0v) is 10.2. The second kappa shape index (κ2) is 6.11. The third-order valence-corrected chi connectivity index (χ3v) is 3.44. The van der Waals surface area contributed by atoms with Crippen LogP contribution in [0.25, 0.3) is 0 Å². The zero-order chi connectivity index (χ0) is 11.3. The Balaban J connectivity index is 2.20. The Labute approximate surface area is 93.0 Å². The van der Waals surface area contributed by atoms with Crippen LogP contribution in [-0.4, -0.2) is 25.5 Å². The molecule has 88 valence electrons. The van der Waals surface area contributed by atoms with Gasteiger partial charge in [-0.3, -0.25) is 4.79 Å². The topological polar surface area (TPSA) is 41.1 Å². The van der Waals surface area contributed by atoms with Gasteiger partial charge in [0.25, 0.3) is 0 Å². The van der Waals surface area contributed by atoms with Gasteiger partial charge in [0.1, 0.15) is 0 Å². The molecule has 0 aliphatic carbocycles. The van der Waals surface area contributed by atoms with Crippen molar-refractivity contribution in [3.05, 3.63) is 0 Å². The van der Waals surface area contributed by atoms with E-state index >= 15 is 0 Å². The van der Waals surface area contributed by atoms with Crippen molar-refractivity contribution < 1.29 is 4.79 Å². The van der Waals surface area contributed by atoms with Crippen LogP contribution in [0.1, 0.15) is 33.6 Å². The fraction of sp³-hybridized carbons (Fsp3) is 0.917. The molecule has 15 heavy (non-hydrogen) atoms. The van der Waals surface area contributed by atoms with E-state index in [4.69, 9.17) is 0 Å². The summed E-state index contributed by atoms with van der Waals surface area (Å²) in [4.78, 5) is 11.7. The molecule has 1 aliphatic heterocycles. The Kier molecular flexibility index (Phi) is 5.09. The van der Waals surface area contributed by atoms with Crippen molar-refractivity contribution in [2.75, 3.05) is 19.6 Å². The maximum absolute atomic E-state index is 11.7. The van der Waals surface area contributed by atoms with Crippen molar-refractivity contribution in [3.63, 3.8) is 0 Å². The van der Waals surface area contributed by atoms with E-state index in [2.05, 4.69) is 24.5 Å². The van der Waals surface area contributed by atoms with Crippen LogP contribution in [0.5, 0.6) is 0 Å². The van der Waals surface area contributed by atoms with Gasteiger partial charge in [-0.15, -0.1) is 0 Å². The molecule has 1 unspecified atom stereocenters. The van der Waals surface area contributed by atoms with Gasteiger partial charge >= 0.3 is 0 Å². The summed E-state index contributed by atoms with van der Waals surface area (Å²) in [5.74, 6) is 1.45. The fourth-order valence-electron chi connectivity index (χ4n) is 1.79. The van der Waals surface area contributed by atoms with Crippen molar-refractivity contribution in [3.8, 4) is 0 Å². The highest BCUT2D eigenvalue weighted by Gasteiger charge is 2.18. The van der Waals surface area contributed by atoms with Crippen LogP contribution >= 0.6 is 0 Å². The molecular formula is C12H24N2O. The van der Waals surface area contributed by atoms with E-state index in [-0.39, 0.29) is 11.8 Å². The van der Waals surface area contributed by atoms with Crippen LogP contribution in [0.3, 0.4) is 0 Å². The first-order valence-corrected chi connectivity index (χ1v) is 6.09. The molecule has 1 atom stereocenters. The van der Waals surface area contributed by atoms with E-state index in [1.807, 2.05) is 6.92 Å². The molecule has 1 fully saturated rings. The molecule has 0 saturated carbocycles. The third-order valence-electron chi connectivity index (χ3n) is 3.44. The van der Waals surface area contributed by atoms with E-state index in [0.29, 0.717) is 11.8 Å². The Morgan fingerprint density at radius 2 is 1.93 bits per heavy atom. The summed E-state index contributed by atoms with van der Waals surface area (Å²) in [5, 5.41) is 6.40. The molecule has 1 aliphatic rings. The normalized spacial score (nSPS) is 20.3. The van der Waals surface area contributed by atoms with Crippen molar-refractivity contribution in [2.24, 2.45) is 17.8 Å². The van der Waals surface area contributed by atoms with Gasteiger partial charge in [-0.25, -0.2) is 0 Å². The average Bonchev–Trinajstić information content (AvgIpc) is 2.26. The minimum atomic E-state index is 0.131. The quantitative estimate of drug-likeness (QED) is 0.739. The number of amides is 1. The van der Waals surface area contributed by atoms with Crippen LogP contribution in [0, 0.1) is 17.8 Å². The molecule has 0 radical (unpaired) electrons. The third kappa shape index (κ3) is 4.20. The lowest BCUT2D eigenvalue weighted by molar-refractivity contribution is -0.125. The Morgan fingerprint density at radius 1 is 1.33 bits per heavy atom. The predicted octanol–water partition coefficient (Wildman–Crippen LogP) is 1.39. The number of piperidine rings is 1. The highest BCUT2D eigenvalue weighted by Crippen LogP contribution is 2.12. The lowest BCUT2D eigenvalue weighted by atomic mass is 9.95. The van der Waals surface area contributed by atoms with E-state index in [9.17, 15) is 4.79 Å². The maximum atomic E-state index is 11.7. The van der Waals surface area contributed by atoms with Crippen molar-refractivity contribution in [1.29, 1.82) is 0 Å².